The van der Waals surface area contributed by atoms with Crippen molar-refractivity contribution in [2.24, 2.45) is 0 Å². The van der Waals surface area contributed by atoms with E-state index < -0.39 is 0 Å². The molecule has 2 aromatic carbocycles. The van der Waals surface area contributed by atoms with Crippen LogP contribution in [-0.4, -0.2) is 16.9 Å². The molecule has 3 heteroatoms. The van der Waals surface area contributed by atoms with Gasteiger partial charge in [-0.25, -0.2) is 0 Å². The number of aromatic nitrogens is 1. The van der Waals surface area contributed by atoms with E-state index in [4.69, 9.17) is 0 Å². The maximum atomic E-state index is 4.18. The molecular weight excluding hydrogens is 288 g/mol. The minimum atomic E-state index is 0.604. The van der Waals surface area contributed by atoms with Gasteiger partial charge in [0.1, 0.15) is 0 Å². The molecule has 1 aliphatic rings. The highest BCUT2D eigenvalue weighted by molar-refractivity contribution is 8.00. The zero-order valence-corrected chi connectivity index (χ0v) is 13.8. The van der Waals surface area contributed by atoms with Crippen LogP contribution in [0.4, 0.5) is 5.69 Å². The van der Waals surface area contributed by atoms with Gasteiger partial charge in [0, 0.05) is 23.0 Å². The van der Waals surface area contributed by atoms with Gasteiger partial charge in [-0.3, -0.25) is 4.98 Å². The molecule has 1 aromatic heterocycles. The average Bonchev–Trinajstić information content (AvgIpc) is 2.90. The van der Waals surface area contributed by atoms with E-state index in [2.05, 4.69) is 60.1 Å². The Morgan fingerprint density at radius 3 is 2.55 bits per heavy atom. The third-order valence-electron chi connectivity index (χ3n) is 3.76. The van der Waals surface area contributed by atoms with Crippen LogP contribution in [0.3, 0.4) is 0 Å². The summed E-state index contributed by atoms with van der Waals surface area (Å²) in [4.78, 5) is 8.03. The Morgan fingerprint density at radius 1 is 1.00 bits per heavy atom. The van der Waals surface area contributed by atoms with Crippen molar-refractivity contribution >= 4 is 28.4 Å². The molecule has 112 valence electrons. The second-order valence-electron chi connectivity index (χ2n) is 5.17. The zero-order chi connectivity index (χ0) is 15.4. The Kier molecular flexibility index (Phi) is 4.64. The van der Waals surface area contributed by atoms with Crippen LogP contribution >= 0.6 is 11.8 Å². The molecule has 0 aliphatic carbocycles. The summed E-state index contributed by atoms with van der Waals surface area (Å²) < 4.78 is 0. The van der Waals surface area contributed by atoms with Gasteiger partial charge in [-0.1, -0.05) is 48.2 Å². The Bertz CT molecular complexity index is 692. The van der Waals surface area contributed by atoms with Crippen molar-refractivity contribution in [3.63, 3.8) is 0 Å². The highest BCUT2D eigenvalue weighted by Crippen LogP contribution is 2.42. The molecule has 1 unspecified atom stereocenters. The van der Waals surface area contributed by atoms with Crippen molar-refractivity contribution in [1.82, 2.24) is 4.98 Å². The number of hydrogen-bond donors (Lipinski definition) is 0. The van der Waals surface area contributed by atoms with Gasteiger partial charge in [0.15, 0.2) is 0 Å². The molecule has 2 heterocycles. The molecule has 1 atom stereocenters. The van der Waals surface area contributed by atoms with Crippen LogP contribution < -0.4 is 4.90 Å². The number of thioether (sulfide) groups is 1. The molecule has 1 aliphatic heterocycles. The van der Waals surface area contributed by atoms with Gasteiger partial charge in [0.2, 0.25) is 0 Å². The zero-order valence-electron chi connectivity index (χ0n) is 12.9. The smallest absolute Gasteiger partial charge is 0.0769 e. The number of pyridine rings is 1. The summed E-state index contributed by atoms with van der Waals surface area (Å²) in [6.45, 7) is 5.57. The van der Waals surface area contributed by atoms with Gasteiger partial charge >= 0.3 is 0 Å². The lowest BCUT2D eigenvalue weighted by atomic mass is 10.2. The molecule has 22 heavy (non-hydrogen) atoms. The summed E-state index contributed by atoms with van der Waals surface area (Å²) in [5.74, 6) is 0. The summed E-state index contributed by atoms with van der Waals surface area (Å²) in [7, 11) is 0. The molecule has 0 saturated carbocycles. The fraction of sp³-hybridized carbons (Fsp3) is 0.211. The number of nitrogens with zero attached hydrogens (tertiary/aromatic N) is 2. The van der Waals surface area contributed by atoms with E-state index >= 15 is 0 Å². The molecule has 0 amide bonds. The first kappa shape index (κ1) is 14.9. The van der Waals surface area contributed by atoms with E-state index in [1.165, 1.54) is 16.0 Å². The fourth-order valence-corrected chi connectivity index (χ4v) is 3.90. The average molecular weight is 308 g/mol. The number of para-hydroxylation sites is 2. The molecular formula is C19H20N2S. The Labute approximate surface area is 136 Å². The van der Waals surface area contributed by atoms with Gasteiger partial charge in [-0.2, -0.15) is 0 Å². The third-order valence-corrected chi connectivity index (χ3v) is 4.96. The van der Waals surface area contributed by atoms with E-state index in [9.17, 15) is 0 Å². The van der Waals surface area contributed by atoms with Crippen molar-refractivity contribution in [2.45, 2.75) is 24.1 Å². The first-order valence-corrected chi connectivity index (χ1v) is 8.49. The number of fused-ring (bicyclic) bond motifs is 2. The Balaban J connectivity index is 0.000000133. The van der Waals surface area contributed by atoms with Crippen LogP contribution in [0.25, 0.3) is 10.9 Å². The quantitative estimate of drug-likeness (QED) is 0.614. The van der Waals surface area contributed by atoms with Crippen molar-refractivity contribution in [3.8, 4) is 0 Å². The van der Waals surface area contributed by atoms with Crippen LogP contribution in [0.5, 0.6) is 0 Å². The predicted octanol–water partition coefficient (Wildman–Crippen LogP) is 5.20. The molecule has 0 bridgehead atoms. The summed E-state index contributed by atoms with van der Waals surface area (Å²) in [6, 6.07) is 20.7. The second-order valence-corrected chi connectivity index (χ2v) is 6.52. The monoisotopic (exact) mass is 308 g/mol. The van der Waals surface area contributed by atoms with E-state index in [0.717, 1.165) is 12.1 Å². The van der Waals surface area contributed by atoms with Crippen molar-refractivity contribution in [2.75, 3.05) is 11.4 Å². The van der Waals surface area contributed by atoms with Crippen LogP contribution in [0.15, 0.2) is 71.8 Å². The van der Waals surface area contributed by atoms with Gasteiger partial charge in [-0.15, -0.1) is 0 Å². The standard InChI is InChI=1S/C10H13NS.C9H7N/c1-3-11-8(2)12-10-7-5-4-6-9(10)11;1-2-6-9-8(4-1)5-3-7-10-9/h4-8H,3H2,1-2H3;1-7H. The van der Waals surface area contributed by atoms with E-state index in [1.54, 1.807) is 0 Å². The molecule has 0 N–H and O–H groups in total. The van der Waals surface area contributed by atoms with Gasteiger partial charge in [0.25, 0.3) is 0 Å². The van der Waals surface area contributed by atoms with Crippen LogP contribution in [0, 0.1) is 0 Å². The normalized spacial score (nSPS) is 16.1. The SMILES string of the molecule is CCN1c2ccccc2SC1C.c1ccc2ncccc2c1. The topological polar surface area (TPSA) is 16.1 Å². The van der Waals surface area contributed by atoms with Crippen molar-refractivity contribution < 1.29 is 0 Å². The van der Waals surface area contributed by atoms with Crippen molar-refractivity contribution in [3.05, 3.63) is 66.9 Å². The fourth-order valence-electron chi connectivity index (χ4n) is 2.68. The first-order valence-electron chi connectivity index (χ1n) is 7.61. The highest BCUT2D eigenvalue weighted by atomic mass is 32.2. The molecule has 4 rings (SSSR count). The lowest BCUT2D eigenvalue weighted by molar-refractivity contribution is 0.834. The number of hydrogen-bond acceptors (Lipinski definition) is 3. The van der Waals surface area contributed by atoms with Gasteiger partial charge in [0.05, 0.1) is 16.6 Å². The molecule has 0 radical (unpaired) electrons. The predicted molar refractivity (Wildman–Crippen MR) is 96.5 cm³/mol. The summed E-state index contributed by atoms with van der Waals surface area (Å²) >= 11 is 1.95. The maximum Gasteiger partial charge on any atom is 0.0769 e. The van der Waals surface area contributed by atoms with Crippen molar-refractivity contribution in [1.29, 1.82) is 0 Å². The minimum Gasteiger partial charge on any atom is -0.359 e. The Morgan fingerprint density at radius 2 is 1.73 bits per heavy atom. The van der Waals surface area contributed by atoms with Crippen LogP contribution in [0.1, 0.15) is 13.8 Å². The first-order chi connectivity index (χ1) is 10.8. The van der Waals surface area contributed by atoms with E-state index in [0.29, 0.717) is 5.37 Å². The minimum absolute atomic E-state index is 0.604. The lowest BCUT2D eigenvalue weighted by Crippen LogP contribution is -2.25. The second kappa shape index (κ2) is 6.84. The maximum absolute atomic E-state index is 4.18. The van der Waals surface area contributed by atoms with Gasteiger partial charge < -0.3 is 4.90 Å². The third kappa shape index (κ3) is 3.09. The number of rotatable bonds is 1. The molecule has 3 aromatic rings. The van der Waals surface area contributed by atoms with Crippen LogP contribution in [-0.2, 0) is 0 Å². The van der Waals surface area contributed by atoms with E-state index in [1.807, 2.05) is 42.2 Å². The largest absolute Gasteiger partial charge is 0.359 e. The highest BCUT2D eigenvalue weighted by Gasteiger charge is 2.24. The summed E-state index contributed by atoms with van der Waals surface area (Å²) in [5, 5.41) is 1.80. The van der Waals surface area contributed by atoms with Gasteiger partial charge in [-0.05, 0) is 38.1 Å². The van der Waals surface area contributed by atoms with E-state index in [-0.39, 0.29) is 0 Å². The summed E-state index contributed by atoms with van der Waals surface area (Å²) in [6.07, 6.45) is 1.81. The summed E-state index contributed by atoms with van der Waals surface area (Å²) in [5.41, 5.74) is 2.46. The lowest BCUT2D eigenvalue weighted by Gasteiger charge is -2.21. The molecule has 0 saturated heterocycles. The number of benzene rings is 2. The Hall–Kier alpha value is -2.00. The molecule has 0 fully saturated rings. The van der Waals surface area contributed by atoms with Crippen LogP contribution in [0.2, 0.25) is 0 Å². The molecule has 0 spiro atoms. The number of anilines is 1. The molecule has 2 nitrogen and oxygen atoms in total.